The zero-order valence-electron chi connectivity index (χ0n) is 9.80. The van der Waals surface area contributed by atoms with Gasteiger partial charge < -0.3 is 10.0 Å². The van der Waals surface area contributed by atoms with Crippen LogP contribution in [0.3, 0.4) is 0 Å². The molecule has 17 heavy (non-hydrogen) atoms. The number of phenolic OH excluding ortho intramolecular Hbond substituents is 1. The number of piperidine rings is 1. The maximum atomic E-state index is 10.6. The second-order valence-corrected chi connectivity index (χ2v) is 4.58. The fraction of sp³-hybridized carbons (Fsp3) is 0.500. The summed E-state index contributed by atoms with van der Waals surface area (Å²) in [7, 11) is 2.08. The number of hydrogen-bond acceptors (Lipinski definition) is 4. The number of hydrogen-bond donors (Lipinski definition) is 1. The summed E-state index contributed by atoms with van der Waals surface area (Å²) in [5.74, 6) is 0.362. The Hall–Kier alpha value is -1.62. The minimum absolute atomic E-state index is 0.0498. The molecule has 0 radical (unpaired) electrons. The predicted molar refractivity (Wildman–Crippen MR) is 64.2 cm³/mol. The van der Waals surface area contributed by atoms with Crippen LogP contribution >= 0.6 is 0 Å². The zero-order chi connectivity index (χ0) is 12.4. The molecule has 0 aromatic heterocycles. The summed E-state index contributed by atoms with van der Waals surface area (Å²) in [5, 5.41) is 20.4. The molecule has 0 amide bonds. The Morgan fingerprint density at radius 2 is 2.06 bits per heavy atom. The SMILES string of the molecule is CN1CCC(c2ccc([N+](=O)[O-])cc2O)CC1. The molecule has 1 aromatic carbocycles. The molecule has 0 saturated carbocycles. The number of aromatic hydroxyl groups is 1. The van der Waals surface area contributed by atoms with Crippen LogP contribution in [0, 0.1) is 10.1 Å². The fourth-order valence-electron chi connectivity index (χ4n) is 2.31. The average molecular weight is 236 g/mol. The molecule has 0 bridgehead atoms. The topological polar surface area (TPSA) is 66.6 Å². The maximum absolute atomic E-state index is 10.6. The number of nitrogens with zero attached hydrogens (tertiary/aromatic N) is 2. The van der Waals surface area contributed by atoms with Crippen LogP contribution in [-0.4, -0.2) is 35.1 Å². The van der Waals surface area contributed by atoms with E-state index in [0.717, 1.165) is 31.5 Å². The summed E-state index contributed by atoms with van der Waals surface area (Å²) in [6.07, 6.45) is 1.98. The van der Waals surface area contributed by atoms with E-state index in [1.165, 1.54) is 12.1 Å². The highest BCUT2D eigenvalue weighted by atomic mass is 16.6. The molecular weight excluding hydrogens is 220 g/mol. The number of non-ortho nitro benzene ring substituents is 1. The van der Waals surface area contributed by atoms with Crippen molar-refractivity contribution in [2.75, 3.05) is 20.1 Å². The van der Waals surface area contributed by atoms with E-state index in [9.17, 15) is 15.2 Å². The van der Waals surface area contributed by atoms with Gasteiger partial charge >= 0.3 is 0 Å². The highest BCUT2D eigenvalue weighted by Crippen LogP contribution is 2.35. The van der Waals surface area contributed by atoms with E-state index >= 15 is 0 Å². The Kier molecular flexibility index (Phi) is 3.28. The first-order chi connectivity index (χ1) is 8.08. The maximum Gasteiger partial charge on any atom is 0.273 e. The van der Waals surface area contributed by atoms with Gasteiger partial charge in [0.25, 0.3) is 5.69 Å². The molecular formula is C12H16N2O3. The van der Waals surface area contributed by atoms with Crippen molar-refractivity contribution in [2.24, 2.45) is 0 Å². The van der Waals surface area contributed by atoms with Crippen LogP contribution in [0.5, 0.6) is 5.75 Å². The van der Waals surface area contributed by atoms with Gasteiger partial charge in [-0.2, -0.15) is 0 Å². The molecule has 0 unspecified atom stereocenters. The number of nitro groups is 1. The fourth-order valence-corrected chi connectivity index (χ4v) is 2.31. The number of likely N-dealkylation sites (tertiary alicyclic amines) is 1. The molecule has 5 nitrogen and oxygen atoms in total. The molecule has 0 spiro atoms. The Morgan fingerprint density at radius 3 is 2.59 bits per heavy atom. The van der Waals surface area contributed by atoms with E-state index in [1.807, 2.05) is 0 Å². The third kappa shape index (κ3) is 2.55. The van der Waals surface area contributed by atoms with Crippen LogP contribution in [0.15, 0.2) is 18.2 Å². The van der Waals surface area contributed by atoms with Crippen molar-refractivity contribution in [1.82, 2.24) is 4.90 Å². The highest BCUT2D eigenvalue weighted by Gasteiger charge is 2.22. The minimum Gasteiger partial charge on any atom is -0.507 e. The molecule has 1 aliphatic rings. The molecule has 0 aliphatic carbocycles. The zero-order valence-corrected chi connectivity index (χ0v) is 9.80. The second kappa shape index (κ2) is 4.71. The predicted octanol–water partition coefficient (Wildman–Crippen LogP) is 2.11. The standard InChI is InChI=1S/C12H16N2O3/c1-13-6-4-9(5-7-13)11-3-2-10(14(16)17)8-12(11)15/h2-3,8-9,15H,4-7H2,1H3. The molecule has 92 valence electrons. The third-order valence-electron chi connectivity index (χ3n) is 3.38. The number of nitro benzene ring substituents is 1. The molecule has 1 aliphatic heterocycles. The lowest BCUT2D eigenvalue weighted by atomic mass is 9.89. The second-order valence-electron chi connectivity index (χ2n) is 4.58. The van der Waals surface area contributed by atoms with Gasteiger partial charge in [0.15, 0.2) is 0 Å². The first-order valence-corrected chi connectivity index (χ1v) is 5.74. The molecule has 1 aromatic rings. The van der Waals surface area contributed by atoms with E-state index in [0.29, 0.717) is 5.92 Å². The van der Waals surface area contributed by atoms with Gasteiger partial charge in [-0.1, -0.05) is 0 Å². The van der Waals surface area contributed by atoms with Gasteiger partial charge in [0.1, 0.15) is 5.75 Å². The van der Waals surface area contributed by atoms with Crippen molar-refractivity contribution in [2.45, 2.75) is 18.8 Å². The van der Waals surface area contributed by atoms with Crippen molar-refractivity contribution < 1.29 is 10.0 Å². The highest BCUT2D eigenvalue weighted by molar-refractivity contribution is 5.45. The number of benzene rings is 1. The van der Waals surface area contributed by atoms with Gasteiger partial charge in [0, 0.05) is 6.07 Å². The van der Waals surface area contributed by atoms with E-state index in [2.05, 4.69) is 11.9 Å². The Balaban J connectivity index is 2.19. The normalized spacial score (nSPS) is 18.2. The number of rotatable bonds is 2. The third-order valence-corrected chi connectivity index (χ3v) is 3.38. The van der Waals surface area contributed by atoms with E-state index in [-0.39, 0.29) is 11.4 Å². The molecule has 1 N–H and O–H groups in total. The molecule has 1 heterocycles. The van der Waals surface area contributed by atoms with E-state index in [4.69, 9.17) is 0 Å². The molecule has 1 fully saturated rings. The van der Waals surface area contributed by atoms with Gasteiger partial charge in [-0.3, -0.25) is 10.1 Å². The lowest BCUT2D eigenvalue weighted by Gasteiger charge is -2.29. The van der Waals surface area contributed by atoms with Gasteiger partial charge in [-0.05, 0) is 50.5 Å². The molecule has 0 atom stereocenters. The van der Waals surface area contributed by atoms with Crippen LogP contribution in [-0.2, 0) is 0 Å². The molecule has 1 saturated heterocycles. The Labute approximate surface area is 99.8 Å². The van der Waals surface area contributed by atoms with Crippen LogP contribution in [0.2, 0.25) is 0 Å². The summed E-state index contributed by atoms with van der Waals surface area (Å²) >= 11 is 0. The van der Waals surface area contributed by atoms with Crippen molar-refractivity contribution in [3.05, 3.63) is 33.9 Å². The summed E-state index contributed by atoms with van der Waals surface area (Å²) in [6, 6.07) is 4.39. The molecule has 2 rings (SSSR count). The summed E-state index contributed by atoms with van der Waals surface area (Å²) in [4.78, 5) is 12.3. The first kappa shape index (κ1) is 11.9. The first-order valence-electron chi connectivity index (χ1n) is 5.74. The monoisotopic (exact) mass is 236 g/mol. The average Bonchev–Trinajstić information content (AvgIpc) is 2.30. The number of phenols is 1. The quantitative estimate of drug-likeness (QED) is 0.630. The van der Waals surface area contributed by atoms with Crippen molar-refractivity contribution in [3.8, 4) is 5.75 Å². The summed E-state index contributed by atoms with van der Waals surface area (Å²) in [5.41, 5.74) is 0.780. The van der Waals surface area contributed by atoms with Gasteiger partial charge in [0.2, 0.25) is 0 Å². The van der Waals surface area contributed by atoms with Gasteiger partial charge in [-0.15, -0.1) is 0 Å². The van der Waals surface area contributed by atoms with E-state index < -0.39 is 4.92 Å². The smallest absolute Gasteiger partial charge is 0.273 e. The van der Waals surface area contributed by atoms with Crippen LogP contribution in [0.25, 0.3) is 0 Å². The van der Waals surface area contributed by atoms with E-state index in [1.54, 1.807) is 6.07 Å². The van der Waals surface area contributed by atoms with Crippen LogP contribution < -0.4 is 0 Å². The minimum atomic E-state index is -0.488. The lowest BCUT2D eigenvalue weighted by molar-refractivity contribution is -0.384. The van der Waals surface area contributed by atoms with Gasteiger partial charge in [-0.25, -0.2) is 0 Å². The van der Waals surface area contributed by atoms with Crippen LogP contribution in [0.4, 0.5) is 5.69 Å². The summed E-state index contributed by atoms with van der Waals surface area (Å²) in [6.45, 7) is 2.00. The lowest BCUT2D eigenvalue weighted by Crippen LogP contribution is -2.29. The van der Waals surface area contributed by atoms with Crippen molar-refractivity contribution in [3.63, 3.8) is 0 Å². The van der Waals surface area contributed by atoms with Crippen molar-refractivity contribution >= 4 is 5.69 Å². The molecule has 5 heteroatoms. The van der Waals surface area contributed by atoms with Crippen LogP contribution in [0.1, 0.15) is 24.3 Å². The van der Waals surface area contributed by atoms with Crippen molar-refractivity contribution in [1.29, 1.82) is 0 Å². The Morgan fingerprint density at radius 1 is 1.41 bits per heavy atom. The Bertz CT molecular complexity index is 426. The summed E-state index contributed by atoms with van der Waals surface area (Å²) < 4.78 is 0. The van der Waals surface area contributed by atoms with Gasteiger partial charge in [0.05, 0.1) is 11.0 Å². The largest absolute Gasteiger partial charge is 0.507 e.